The van der Waals surface area contributed by atoms with E-state index in [-0.39, 0.29) is 5.75 Å². The largest absolute Gasteiger partial charge is 0.504 e. The van der Waals surface area contributed by atoms with Crippen LogP contribution in [0.5, 0.6) is 17.2 Å². The summed E-state index contributed by atoms with van der Waals surface area (Å²) in [6.07, 6.45) is 0. The van der Waals surface area contributed by atoms with Crippen LogP contribution in [-0.2, 0) is 6.54 Å². The molecule has 2 N–H and O–H groups in total. The number of para-hydroxylation sites is 1. The lowest BCUT2D eigenvalue weighted by Crippen LogP contribution is -2.03. The van der Waals surface area contributed by atoms with Crippen LogP contribution in [0.2, 0.25) is 0 Å². The molecule has 2 rings (SSSR count). The highest BCUT2D eigenvalue weighted by Gasteiger charge is 2.09. The molecule has 5 heteroatoms. The van der Waals surface area contributed by atoms with Crippen LogP contribution in [0.4, 0.5) is 5.69 Å². The molecule has 0 bridgehead atoms. The quantitative estimate of drug-likeness (QED) is 0.883. The number of nitriles is 1. The average molecular weight is 284 g/mol. The average Bonchev–Trinajstić information content (AvgIpc) is 2.53. The number of methoxy groups -OCH3 is 2. The molecule has 0 saturated carbocycles. The third kappa shape index (κ3) is 3.18. The van der Waals surface area contributed by atoms with Crippen LogP contribution in [0.3, 0.4) is 0 Å². The number of nitrogens with zero attached hydrogens (tertiary/aromatic N) is 1. The summed E-state index contributed by atoms with van der Waals surface area (Å²) in [5.41, 5.74) is 2.08. The first kappa shape index (κ1) is 14.5. The van der Waals surface area contributed by atoms with Crippen molar-refractivity contribution >= 4 is 5.69 Å². The van der Waals surface area contributed by atoms with Gasteiger partial charge in [-0.05, 0) is 29.8 Å². The lowest BCUT2D eigenvalue weighted by molar-refractivity contribution is 0.373. The second-order valence-electron chi connectivity index (χ2n) is 4.35. The van der Waals surface area contributed by atoms with E-state index in [0.717, 1.165) is 5.56 Å². The molecule has 0 fully saturated rings. The number of aromatic hydroxyl groups is 1. The monoisotopic (exact) mass is 284 g/mol. The van der Waals surface area contributed by atoms with Crippen LogP contribution >= 0.6 is 0 Å². The Morgan fingerprint density at radius 1 is 1.14 bits per heavy atom. The van der Waals surface area contributed by atoms with E-state index in [0.29, 0.717) is 29.3 Å². The van der Waals surface area contributed by atoms with E-state index in [2.05, 4.69) is 11.4 Å². The minimum atomic E-state index is 0.0938. The van der Waals surface area contributed by atoms with Crippen molar-refractivity contribution in [1.29, 1.82) is 5.26 Å². The summed E-state index contributed by atoms with van der Waals surface area (Å²) in [6, 6.07) is 12.5. The van der Waals surface area contributed by atoms with Gasteiger partial charge in [0.2, 0.25) is 0 Å². The minimum Gasteiger partial charge on any atom is -0.504 e. The SMILES string of the molecule is COc1cc(CNc2c(C#N)cccc2OC)ccc1O. The molecule has 0 aliphatic heterocycles. The van der Waals surface area contributed by atoms with Gasteiger partial charge in [-0.25, -0.2) is 0 Å². The summed E-state index contributed by atoms with van der Waals surface area (Å²) >= 11 is 0. The van der Waals surface area contributed by atoms with Crippen molar-refractivity contribution in [3.8, 4) is 23.3 Å². The number of phenolic OH excluding ortho intramolecular Hbond substituents is 1. The third-order valence-electron chi connectivity index (χ3n) is 3.08. The summed E-state index contributed by atoms with van der Waals surface area (Å²) in [5.74, 6) is 1.12. The molecule has 0 heterocycles. The zero-order valence-corrected chi connectivity index (χ0v) is 11.9. The fourth-order valence-electron chi connectivity index (χ4n) is 2.00. The molecule has 108 valence electrons. The summed E-state index contributed by atoms with van der Waals surface area (Å²) in [5, 5.41) is 21.9. The molecule has 0 radical (unpaired) electrons. The van der Waals surface area contributed by atoms with Gasteiger partial charge in [0.25, 0.3) is 0 Å². The summed E-state index contributed by atoms with van der Waals surface area (Å²) in [6.45, 7) is 0.478. The first-order valence-electron chi connectivity index (χ1n) is 6.36. The number of hydrogen-bond donors (Lipinski definition) is 2. The molecular weight excluding hydrogens is 268 g/mol. The van der Waals surface area contributed by atoms with E-state index in [9.17, 15) is 5.11 Å². The van der Waals surface area contributed by atoms with Gasteiger partial charge in [-0.3, -0.25) is 0 Å². The Morgan fingerprint density at radius 2 is 1.90 bits per heavy atom. The Labute approximate surface area is 123 Å². The fourth-order valence-corrected chi connectivity index (χ4v) is 2.00. The van der Waals surface area contributed by atoms with Crippen molar-refractivity contribution in [3.63, 3.8) is 0 Å². The number of phenols is 1. The van der Waals surface area contributed by atoms with Gasteiger partial charge >= 0.3 is 0 Å². The molecule has 2 aromatic carbocycles. The zero-order valence-electron chi connectivity index (χ0n) is 11.9. The molecule has 0 aliphatic carbocycles. The molecule has 0 unspecified atom stereocenters. The predicted octanol–water partition coefficient (Wildman–Crippen LogP) is 2.89. The van der Waals surface area contributed by atoms with E-state index >= 15 is 0 Å². The maximum Gasteiger partial charge on any atom is 0.160 e. The van der Waals surface area contributed by atoms with Gasteiger partial charge in [-0.2, -0.15) is 5.26 Å². The number of rotatable bonds is 5. The predicted molar refractivity (Wildman–Crippen MR) is 79.7 cm³/mol. The third-order valence-corrected chi connectivity index (χ3v) is 3.08. The second-order valence-corrected chi connectivity index (χ2v) is 4.35. The van der Waals surface area contributed by atoms with Crippen LogP contribution in [-0.4, -0.2) is 19.3 Å². The van der Waals surface area contributed by atoms with Crippen molar-refractivity contribution in [2.75, 3.05) is 19.5 Å². The van der Waals surface area contributed by atoms with E-state index in [1.54, 1.807) is 43.5 Å². The minimum absolute atomic E-state index is 0.0938. The smallest absolute Gasteiger partial charge is 0.160 e. The summed E-state index contributed by atoms with van der Waals surface area (Å²) in [7, 11) is 3.06. The Morgan fingerprint density at radius 3 is 2.57 bits per heavy atom. The number of ether oxygens (including phenoxy) is 2. The Kier molecular flexibility index (Phi) is 4.52. The van der Waals surface area contributed by atoms with Crippen LogP contribution in [0.1, 0.15) is 11.1 Å². The van der Waals surface area contributed by atoms with Crippen molar-refractivity contribution in [2.45, 2.75) is 6.54 Å². The standard InChI is InChI=1S/C16H16N2O3/c1-20-14-5-3-4-12(9-17)16(14)18-10-11-6-7-13(19)15(8-11)21-2/h3-8,18-19H,10H2,1-2H3. The molecule has 2 aromatic rings. The van der Waals surface area contributed by atoms with Crippen molar-refractivity contribution in [1.82, 2.24) is 0 Å². The van der Waals surface area contributed by atoms with Gasteiger partial charge < -0.3 is 19.9 Å². The number of anilines is 1. The Balaban J connectivity index is 2.22. The van der Waals surface area contributed by atoms with E-state index in [1.807, 2.05) is 0 Å². The highest BCUT2D eigenvalue weighted by atomic mass is 16.5. The number of hydrogen-bond acceptors (Lipinski definition) is 5. The molecule has 21 heavy (non-hydrogen) atoms. The van der Waals surface area contributed by atoms with Crippen molar-refractivity contribution in [2.24, 2.45) is 0 Å². The number of nitrogens with one attached hydrogen (secondary N) is 1. The molecule has 0 spiro atoms. The molecular formula is C16H16N2O3. The van der Waals surface area contributed by atoms with E-state index in [4.69, 9.17) is 14.7 Å². The molecule has 0 atom stereocenters. The number of benzene rings is 2. The van der Waals surface area contributed by atoms with E-state index in [1.165, 1.54) is 7.11 Å². The molecule has 0 aromatic heterocycles. The van der Waals surface area contributed by atoms with Crippen molar-refractivity contribution < 1.29 is 14.6 Å². The van der Waals surface area contributed by atoms with Crippen LogP contribution in [0.25, 0.3) is 0 Å². The lowest BCUT2D eigenvalue weighted by atomic mass is 10.1. The van der Waals surface area contributed by atoms with Gasteiger partial charge in [-0.15, -0.1) is 0 Å². The Bertz CT molecular complexity index is 678. The molecule has 5 nitrogen and oxygen atoms in total. The molecule has 0 aliphatic rings. The fraction of sp³-hybridized carbons (Fsp3) is 0.188. The maximum atomic E-state index is 9.58. The maximum absolute atomic E-state index is 9.58. The van der Waals surface area contributed by atoms with Gasteiger partial charge in [0, 0.05) is 6.54 Å². The van der Waals surface area contributed by atoms with Crippen LogP contribution in [0.15, 0.2) is 36.4 Å². The van der Waals surface area contributed by atoms with Crippen LogP contribution < -0.4 is 14.8 Å². The molecule has 0 saturated heterocycles. The molecule has 0 amide bonds. The lowest BCUT2D eigenvalue weighted by Gasteiger charge is -2.13. The van der Waals surface area contributed by atoms with Crippen molar-refractivity contribution in [3.05, 3.63) is 47.5 Å². The first-order chi connectivity index (χ1) is 10.2. The summed E-state index contributed by atoms with van der Waals surface area (Å²) in [4.78, 5) is 0. The Hall–Kier alpha value is -2.87. The normalized spacial score (nSPS) is 9.76. The van der Waals surface area contributed by atoms with Gasteiger partial charge in [0.1, 0.15) is 11.8 Å². The van der Waals surface area contributed by atoms with E-state index < -0.39 is 0 Å². The second kappa shape index (κ2) is 6.53. The van der Waals surface area contributed by atoms with Gasteiger partial charge in [-0.1, -0.05) is 12.1 Å². The topological polar surface area (TPSA) is 74.5 Å². The highest BCUT2D eigenvalue weighted by molar-refractivity contribution is 5.66. The first-order valence-corrected chi connectivity index (χ1v) is 6.36. The van der Waals surface area contributed by atoms with Gasteiger partial charge in [0.15, 0.2) is 11.5 Å². The highest BCUT2D eigenvalue weighted by Crippen LogP contribution is 2.30. The van der Waals surface area contributed by atoms with Gasteiger partial charge in [0.05, 0.1) is 25.5 Å². The van der Waals surface area contributed by atoms with Crippen LogP contribution in [0, 0.1) is 11.3 Å². The zero-order chi connectivity index (χ0) is 15.2. The summed E-state index contributed by atoms with van der Waals surface area (Å²) < 4.78 is 10.3.